The summed E-state index contributed by atoms with van der Waals surface area (Å²) in [4.78, 5) is 13.6. The molecular weight excluding hydrogens is 240 g/mol. The lowest BCUT2D eigenvalue weighted by Crippen LogP contribution is -2.39. The van der Waals surface area contributed by atoms with E-state index < -0.39 is 0 Å². The minimum Gasteiger partial charge on any atom is -0.392 e. The second-order valence-electron chi connectivity index (χ2n) is 5.12. The molecule has 2 N–H and O–H groups in total. The highest BCUT2D eigenvalue weighted by Gasteiger charge is 2.30. The van der Waals surface area contributed by atoms with Gasteiger partial charge in [-0.1, -0.05) is 37.3 Å². The van der Waals surface area contributed by atoms with Crippen LogP contribution in [0.2, 0.25) is 0 Å². The van der Waals surface area contributed by atoms with Crippen molar-refractivity contribution in [1.29, 1.82) is 0 Å². The molecule has 1 aliphatic rings. The molecule has 2 rings (SSSR count). The Kier molecular flexibility index (Phi) is 4.93. The van der Waals surface area contributed by atoms with E-state index in [0.717, 1.165) is 13.0 Å². The van der Waals surface area contributed by atoms with Crippen molar-refractivity contribution in [2.75, 3.05) is 13.1 Å². The normalized spacial score (nSPS) is 23.5. The zero-order valence-electron chi connectivity index (χ0n) is 11.4. The quantitative estimate of drug-likeness (QED) is 0.837. The lowest BCUT2D eigenvalue weighted by molar-refractivity contribution is -0.121. The molecule has 1 fully saturated rings. The highest BCUT2D eigenvalue weighted by atomic mass is 16.3. The first-order chi connectivity index (χ1) is 9.19. The minimum absolute atomic E-state index is 0.0704. The number of benzene rings is 1. The molecule has 1 heterocycles. The maximum Gasteiger partial charge on any atom is 0.219 e. The summed E-state index contributed by atoms with van der Waals surface area (Å²) < 4.78 is 0. The predicted molar refractivity (Wildman–Crippen MR) is 74.6 cm³/mol. The van der Waals surface area contributed by atoms with Crippen molar-refractivity contribution >= 4 is 5.91 Å². The third-order valence-electron chi connectivity index (χ3n) is 3.59. The minimum atomic E-state index is -0.285. The number of aliphatic hydroxyl groups is 1. The molecule has 0 spiro atoms. The van der Waals surface area contributed by atoms with Crippen molar-refractivity contribution in [3.05, 3.63) is 35.9 Å². The van der Waals surface area contributed by atoms with Crippen molar-refractivity contribution in [1.82, 2.24) is 10.2 Å². The second-order valence-corrected chi connectivity index (χ2v) is 5.12. The van der Waals surface area contributed by atoms with Crippen LogP contribution in [0.5, 0.6) is 0 Å². The molecule has 1 aromatic carbocycles. The Balaban J connectivity index is 1.92. The average Bonchev–Trinajstić information content (AvgIpc) is 2.77. The Morgan fingerprint density at radius 3 is 2.84 bits per heavy atom. The first-order valence-corrected chi connectivity index (χ1v) is 6.91. The molecule has 1 aromatic rings. The van der Waals surface area contributed by atoms with Crippen molar-refractivity contribution in [2.24, 2.45) is 0 Å². The summed E-state index contributed by atoms with van der Waals surface area (Å²) in [6.45, 7) is 3.98. The van der Waals surface area contributed by atoms with E-state index in [9.17, 15) is 9.90 Å². The van der Waals surface area contributed by atoms with Crippen molar-refractivity contribution in [3.63, 3.8) is 0 Å². The van der Waals surface area contributed by atoms with Gasteiger partial charge in [-0.15, -0.1) is 0 Å². The van der Waals surface area contributed by atoms with Gasteiger partial charge < -0.3 is 10.4 Å². The standard InChI is InChI=1S/C15H22N2O2/c1-2-15(19)16-9-13-8-14(18)11-17(13)10-12-6-4-3-5-7-12/h3-7,13-14,18H,2,8-11H2,1H3,(H,16,19). The Morgan fingerprint density at radius 2 is 2.16 bits per heavy atom. The van der Waals surface area contributed by atoms with E-state index in [0.29, 0.717) is 19.5 Å². The molecule has 1 amide bonds. The molecule has 19 heavy (non-hydrogen) atoms. The number of β-amino-alcohol motifs (C(OH)–C–C–N with tert-alkyl or cyclic N) is 1. The number of hydrogen-bond acceptors (Lipinski definition) is 3. The molecule has 104 valence electrons. The van der Waals surface area contributed by atoms with Gasteiger partial charge in [-0.2, -0.15) is 0 Å². The van der Waals surface area contributed by atoms with Crippen LogP contribution in [0.25, 0.3) is 0 Å². The van der Waals surface area contributed by atoms with Crippen LogP contribution in [-0.4, -0.2) is 41.1 Å². The molecule has 0 aromatic heterocycles. The summed E-state index contributed by atoms with van der Waals surface area (Å²) in [5.74, 6) is 0.0704. The van der Waals surface area contributed by atoms with E-state index in [1.807, 2.05) is 25.1 Å². The number of rotatable bonds is 5. The Bertz CT molecular complexity index is 408. The maximum atomic E-state index is 11.3. The molecule has 4 heteroatoms. The van der Waals surface area contributed by atoms with Crippen LogP contribution in [0.1, 0.15) is 25.3 Å². The SMILES string of the molecule is CCC(=O)NCC1CC(O)CN1Cc1ccccc1. The van der Waals surface area contributed by atoms with Gasteiger partial charge in [0, 0.05) is 32.1 Å². The molecule has 0 aliphatic carbocycles. The number of amides is 1. The summed E-state index contributed by atoms with van der Waals surface area (Å²) in [5, 5.41) is 12.7. The monoisotopic (exact) mass is 262 g/mol. The fourth-order valence-electron chi connectivity index (χ4n) is 2.54. The zero-order valence-corrected chi connectivity index (χ0v) is 11.4. The van der Waals surface area contributed by atoms with Crippen LogP contribution in [0.15, 0.2) is 30.3 Å². The lowest BCUT2D eigenvalue weighted by atomic mass is 10.1. The van der Waals surface area contributed by atoms with Gasteiger partial charge in [0.15, 0.2) is 0 Å². The van der Waals surface area contributed by atoms with Gasteiger partial charge in [0.05, 0.1) is 6.10 Å². The van der Waals surface area contributed by atoms with Gasteiger partial charge in [-0.3, -0.25) is 9.69 Å². The summed E-state index contributed by atoms with van der Waals surface area (Å²) >= 11 is 0. The van der Waals surface area contributed by atoms with Crippen LogP contribution in [0, 0.1) is 0 Å². The van der Waals surface area contributed by atoms with E-state index in [-0.39, 0.29) is 18.1 Å². The van der Waals surface area contributed by atoms with Gasteiger partial charge >= 0.3 is 0 Å². The maximum absolute atomic E-state index is 11.3. The summed E-state index contributed by atoms with van der Waals surface area (Å²) in [6.07, 6.45) is 0.956. The highest BCUT2D eigenvalue weighted by Crippen LogP contribution is 2.20. The third-order valence-corrected chi connectivity index (χ3v) is 3.59. The van der Waals surface area contributed by atoms with Gasteiger partial charge in [0.1, 0.15) is 0 Å². The van der Waals surface area contributed by atoms with Crippen molar-refractivity contribution < 1.29 is 9.90 Å². The largest absolute Gasteiger partial charge is 0.392 e. The number of nitrogens with one attached hydrogen (secondary N) is 1. The van der Waals surface area contributed by atoms with Gasteiger partial charge in [-0.05, 0) is 12.0 Å². The number of likely N-dealkylation sites (tertiary alicyclic amines) is 1. The van der Waals surface area contributed by atoms with Crippen molar-refractivity contribution in [3.8, 4) is 0 Å². The van der Waals surface area contributed by atoms with E-state index in [4.69, 9.17) is 0 Å². The fourth-order valence-corrected chi connectivity index (χ4v) is 2.54. The molecule has 2 unspecified atom stereocenters. The Hall–Kier alpha value is -1.39. The van der Waals surface area contributed by atoms with Crippen LogP contribution in [-0.2, 0) is 11.3 Å². The number of carbonyl (C=O) groups excluding carboxylic acids is 1. The molecule has 2 atom stereocenters. The first kappa shape index (κ1) is 14.0. The van der Waals surface area contributed by atoms with Gasteiger partial charge in [-0.25, -0.2) is 0 Å². The average molecular weight is 262 g/mol. The second kappa shape index (κ2) is 6.68. The van der Waals surface area contributed by atoms with Crippen molar-refractivity contribution in [2.45, 2.75) is 38.5 Å². The molecule has 0 bridgehead atoms. The third kappa shape index (κ3) is 4.04. The summed E-state index contributed by atoms with van der Waals surface area (Å²) in [5.41, 5.74) is 1.24. The van der Waals surface area contributed by atoms with E-state index >= 15 is 0 Å². The fraction of sp³-hybridized carbons (Fsp3) is 0.533. The number of nitrogens with zero attached hydrogens (tertiary/aromatic N) is 1. The number of carbonyl (C=O) groups is 1. The van der Waals surface area contributed by atoms with Gasteiger partial charge in [0.25, 0.3) is 0 Å². The molecule has 0 radical (unpaired) electrons. The summed E-state index contributed by atoms with van der Waals surface area (Å²) in [6, 6.07) is 10.5. The molecule has 1 saturated heterocycles. The van der Waals surface area contributed by atoms with Crippen LogP contribution in [0.3, 0.4) is 0 Å². The predicted octanol–water partition coefficient (Wildman–Crippen LogP) is 1.15. The van der Waals surface area contributed by atoms with E-state index in [1.54, 1.807) is 0 Å². The molecule has 0 saturated carbocycles. The number of hydrogen-bond donors (Lipinski definition) is 2. The van der Waals surface area contributed by atoms with Gasteiger partial charge in [0.2, 0.25) is 5.91 Å². The van der Waals surface area contributed by atoms with Crippen LogP contribution < -0.4 is 5.32 Å². The van der Waals surface area contributed by atoms with Crippen LogP contribution >= 0.6 is 0 Å². The lowest BCUT2D eigenvalue weighted by Gasteiger charge is -2.24. The number of aliphatic hydroxyl groups excluding tert-OH is 1. The Labute approximate surface area is 114 Å². The first-order valence-electron chi connectivity index (χ1n) is 6.91. The molecule has 1 aliphatic heterocycles. The highest BCUT2D eigenvalue weighted by molar-refractivity contribution is 5.75. The molecule has 4 nitrogen and oxygen atoms in total. The van der Waals surface area contributed by atoms with E-state index in [2.05, 4.69) is 22.3 Å². The zero-order chi connectivity index (χ0) is 13.7. The van der Waals surface area contributed by atoms with E-state index in [1.165, 1.54) is 5.56 Å². The molecular formula is C15H22N2O2. The smallest absolute Gasteiger partial charge is 0.219 e. The summed E-state index contributed by atoms with van der Waals surface area (Å²) in [7, 11) is 0. The topological polar surface area (TPSA) is 52.6 Å². The van der Waals surface area contributed by atoms with Crippen LogP contribution in [0.4, 0.5) is 0 Å². The Morgan fingerprint density at radius 1 is 1.42 bits per heavy atom.